The van der Waals surface area contributed by atoms with E-state index in [9.17, 15) is 4.79 Å². The van der Waals surface area contributed by atoms with Crippen LogP contribution in [0.25, 0.3) is 0 Å². The Morgan fingerprint density at radius 1 is 1.25 bits per heavy atom. The molecule has 0 saturated carbocycles. The van der Waals surface area contributed by atoms with Crippen LogP contribution in [0.3, 0.4) is 0 Å². The van der Waals surface area contributed by atoms with E-state index < -0.39 is 0 Å². The van der Waals surface area contributed by atoms with Crippen molar-refractivity contribution in [3.8, 4) is 0 Å². The number of hydrogen-bond donors (Lipinski definition) is 1. The van der Waals surface area contributed by atoms with E-state index in [0.29, 0.717) is 0 Å². The monoisotopic (exact) mass is 213 g/mol. The summed E-state index contributed by atoms with van der Waals surface area (Å²) in [4.78, 5) is 15.3. The highest BCUT2D eigenvalue weighted by Gasteiger charge is 2.15. The highest BCUT2D eigenvalue weighted by atomic mass is 16.1. The summed E-state index contributed by atoms with van der Waals surface area (Å²) in [7, 11) is 0. The van der Waals surface area contributed by atoms with E-state index in [1.165, 1.54) is 0 Å². The summed E-state index contributed by atoms with van der Waals surface area (Å²) in [6, 6.07) is 9.64. The van der Waals surface area contributed by atoms with Crippen molar-refractivity contribution < 1.29 is 4.79 Å². The molecule has 0 spiro atoms. The molecule has 0 aliphatic heterocycles. The summed E-state index contributed by atoms with van der Waals surface area (Å²) >= 11 is 0. The largest absolute Gasteiger partial charge is 0.358 e. The predicted molar refractivity (Wildman–Crippen MR) is 64.8 cm³/mol. The minimum Gasteiger partial charge on any atom is -0.358 e. The van der Waals surface area contributed by atoms with Crippen molar-refractivity contribution in [1.82, 2.24) is 4.98 Å². The summed E-state index contributed by atoms with van der Waals surface area (Å²) in [5.74, 6) is 0.0833. The van der Waals surface area contributed by atoms with Crippen LogP contribution in [-0.2, 0) is 6.42 Å². The van der Waals surface area contributed by atoms with E-state index in [-0.39, 0.29) is 5.78 Å². The maximum atomic E-state index is 12.3. The van der Waals surface area contributed by atoms with Gasteiger partial charge in [-0.05, 0) is 30.5 Å². The minimum atomic E-state index is 0.0833. The maximum Gasteiger partial charge on any atom is 0.209 e. The van der Waals surface area contributed by atoms with Crippen molar-refractivity contribution in [2.45, 2.75) is 20.3 Å². The van der Waals surface area contributed by atoms with Crippen LogP contribution in [-0.4, -0.2) is 10.8 Å². The van der Waals surface area contributed by atoms with Gasteiger partial charge in [0.25, 0.3) is 0 Å². The van der Waals surface area contributed by atoms with E-state index in [1.807, 2.05) is 43.5 Å². The van der Waals surface area contributed by atoms with E-state index >= 15 is 0 Å². The lowest BCUT2D eigenvalue weighted by Crippen LogP contribution is -2.06. The molecule has 1 aromatic carbocycles. The number of nitrogens with one attached hydrogen (secondary N) is 1. The molecule has 2 aromatic rings. The van der Waals surface area contributed by atoms with E-state index in [2.05, 4.69) is 11.9 Å². The average Bonchev–Trinajstić information content (AvgIpc) is 2.77. The van der Waals surface area contributed by atoms with Gasteiger partial charge in [-0.15, -0.1) is 0 Å². The first-order valence-electron chi connectivity index (χ1n) is 5.50. The first-order chi connectivity index (χ1) is 7.74. The quantitative estimate of drug-likeness (QED) is 0.781. The fourth-order valence-electron chi connectivity index (χ4n) is 1.87. The number of carbonyl (C=O) groups excluding carboxylic acids is 1. The van der Waals surface area contributed by atoms with Gasteiger partial charge in [0.05, 0.1) is 5.69 Å². The molecule has 0 saturated heterocycles. The van der Waals surface area contributed by atoms with Gasteiger partial charge in [0.2, 0.25) is 5.78 Å². The standard InChI is InChI=1S/C14H15NO/c1-3-11-8-9-15-13(11)14(16)12-7-5-4-6-10(12)2/h4-9,15H,3H2,1-2H3. The maximum absolute atomic E-state index is 12.3. The smallest absolute Gasteiger partial charge is 0.209 e. The third-order valence-corrected chi connectivity index (χ3v) is 2.83. The summed E-state index contributed by atoms with van der Waals surface area (Å²) in [6.45, 7) is 4.01. The third-order valence-electron chi connectivity index (χ3n) is 2.83. The summed E-state index contributed by atoms with van der Waals surface area (Å²) in [6.07, 6.45) is 2.70. The van der Waals surface area contributed by atoms with Gasteiger partial charge >= 0.3 is 0 Å². The number of benzene rings is 1. The van der Waals surface area contributed by atoms with Crippen LogP contribution < -0.4 is 0 Å². The Labute approximate surface area is 95.3 Å². The van der Waals surface area contributed by atoms with Gasteiger partial charge in [-0.1, -0.05) is 31.2 Å². The van der Waals surface area contributed by atoms with Gasteiger partial charge in [0, 0.05) is 11.8 Å². The second-order valence-electron chi connectivity index (χ2n) is 3.88. The lowest BCUT2D eigenvalue weighted by molar-refractivity contribution is 0.103. The number of aryl methyl sites for hydroxylation is 2. The van der Waals surface area contributed by atoms with Crippen LogP contribution in [0.1, 0.15) is 34.1 Å². The number of ketones is 1. The highest BCUT2D eigenvalue weighted by Crippen LogP contribution is 2.16. The number of carbonyl (C=O) groups is 1. The number of rotatable bonds is 3. The molecule has 2 rings (SSSR count). The SMILES string of the molecule is CCc1cc[nH]c1C(=O)c1ccccc1C. The molecule has 16 heavy (non-hydrogen) atoms. The van der Waals surface area contributed by atoms with Gasteiger partial charge in [-0.3, -0.25) is 4.79 Å². The Morgan fingerprint density at radius 3 is 2.69 bits per heavy atom. The van der Waals surface area contributed by atoms with Crippen molar-refractivity contribution in [1.29, 1.82) is 0 Å². The Bertz CT molecular complexity index is 511. The topological polar surface area (TPSA) is 32.9 Å². The Kier molecular flexibility index (Phi) is 2.91. The molecule has 1 aromatic heterocycles. The molecule has 1 heterocycles. The van der Waals surface area contributed by atoms with Crippen molar-refractivity contribution in [2.24, 2.45) is 0 Å². The van der Waals surface area contributed by atoms with Gasteiger partial charge < -0.3 is 4.98 Å². The summed E-state index contributed by atoms with van der Waals surface area (Å²) < 4.78 is 0. The molecule has 2 nitrogen and oxygen atoms in total. The highest BCUT2D eigenvalue weighted by molar-refractivity contribution is 6.09. The van der Waals surface area contributed by atoms with Crippen molar-refractivity contribution in [2.75, 3.05) is 0 Å². The number of aromatic nitrogens is 1. The van der Waals surface area contributed by atoms with Gasteiger partial charge in [0.15, 0.2) is 0 Å². The average molecular weight is 213 g/mol. The molecule has 0 unspecified atom stereocenters. The van der Waals surface area contributed by atoms with E-state index in [4.69, 9.17) is 0 Å². The fourth-order valence-corrected chi connectivity index (χ4v) is 1.87. The molecular formula is C14H15NO. The van der Waals surface area contributed by atoms with Gasteiger partial charge in [-0.25, -0.2) is 0 Å². The molecule has 0 atom stereocenters. The Balaban J connectivity index is 2.44. The molecule has 0 fully saturated rings. The Morgan fingerprint density at radius 2 is 2.00 bits per heavy atom. The normalized spacial score (nSPS) is 10.4. The molecule has 0 amide bonds. The minimum absolute atomic E-state index is 0.0833. The Hall–Kier alpha value is -1.83. The zero-order chi connectivity index (χ0) is 11.5. The second kappa shape index (κ2) is 4.35. The number of hydrogen-bond acceptors (Lipinski definition) is 1. The van der Waals surface area contributed by atoms with Crippen LogP contribution in [0.15, 0.2) is 36.5 Å². The molecular weight excluding hydrogens is 198 g/mol. The third kappa shape index (κ3) is 1.78. The lowest BCUT2D eigenvalue weighted by Gasteiger charge is -2.04. The molecule has 0 radical (unpaired) electrons. The van der Waals surface area contributed by atoms with E-state index in [0.717, 1.165) is 28.8 Å². The van der Waals surface area contributed by atoms with Crippen LogP contribution in [0.5, 0.6) is 0 Å². The number of H-pyrrole nitrogens is 1. The zero-order valence-electron chi connectivity index (χ0n) is 9.58. The summed E-state index contributed by atoms with van der Waals surface area (Å²) in [5.41, 5.74) is 3.59. The first kappa shape index (κ1) is 10.7. The van der Waals surface area contributed by atoms with Crippen LogP contribution >= 0.6 is 0 Å². The lowest BCUT2D eigenvalue weighted by atomic mass is 10.0. The molecule has 0 aliphatic carbocycles. The van der Waals surface area contributed by atoms with E-state index in [1.54, 1.807) is 0 Å². The van der Waals surface area contributed by atoms with Crippen LogP contribution in [0, 0.1) is 6.92 Å². The zero-order valence-corrected chi connectivity index (χ0v) is 9.58. The molecule has 0 bridgehead atoms. The van der Waals surface area contributed by atoms with Gasteiger partial charge in [0.1, 0.15) is 0 Å². The molecule has 1 N–H and O–H groups in total. The fraction of sp³-hybridized carbons (Fsp3) is 0.214. The van der Waals surface area contributed by atoms with Crippen molar-refractivity contribution in [3.63, 3.8) is 0 Å². The van der Waals surface area contributed by atoms with Gasteiger partial charge in [-0.2, -0.15) is 0 Å². The second-order valence-corrected chi connectivity index (χ2v) is 3.88. The van der Waals surface area contributed by atoms with Crippen molar-refractivity contribution in [3.05, 3.63) is 58.9 Å². The number of aromatic amines is 1. The molecule has 0 aliphatic rings. The first-order valence-corrected chi connectivity index (χ1v) is 5.50. The summed E-state index contributed by atoms with van der Waals surface area (Å²) in [5, 5.41) is 0. The molecule has 82 valence electrons. The van der Waals surface area contributed by atoms with Crippen LogP contribution in [0.4, 0.5) is 0 Å². The molecule has 2 heteroatoms. The van der Waals surface area contributed by atoms with Crippen LogP contribution in [0.2, 0.25) is 0 Å². The predicted octanol–water partition coefficient (Wildman–Crippen LogP) is 3.12. The van der Waals surface area contributed by atoms with Crippen molar-refractivity contribution >= 4 is 5.78 Å².